The van der Waals surface area contributed by atoms with Crippen LogP contribution in [0.5, 0.6) is 0 Å². The standard InChI is InChI=1S/C34H43N11O3/c1-2-43-14-16-44(17-15-43)34-38-21-26(22-39-34)33(47)37-12-19-48-18-10-27(46)6-4-3-5-13-45-32-29(31(35)40-23-41-32)30(42-45)25-7-8-28-24(20-25)9-11-36-28/h7-9,11,20-23,36H,2-6,10,12-19H2,1H3,(H,37,47)(H2,35,40,41). The average molecular weight is 654 g/mol. The molecule has 252 valence electrons. The van der Waals surface area contributed by atoms with Gasteiger partial charge >= 0.3 is 0 Å². The Morgan fingerprint density at radius 3 is 2.62 bits per heavy atom. The van der Waals surface area contributed by atoms with Crippen molar-refractivity contribution < 1.29 is 14.3 Å². The molecule has 0 radical (unpaired) electrons. The van der Waals surface area contributed by atoms with Gasteiger partial charge in [0.2, 0.25) is 5.95 Å². The molecule has 1 fully saturated rings. The second kappa shape index (κ2) is 15.8. The quantitative estimate of drug-likeness (QED) is 0.133. The van der Waals surface area contributed by atoms with Crippen molar-refractivity contribution in [2.24, 2.45) is 0 Å². The van der Waals surface area contributed by atoms with Gasteiger partial charge in [-0.1, -0.05) is 19.4 Å². The number of nitrogens with two attached hydrogens (primary N) is 1. The molecule has 0 aliphatic carbocycles. The molecule has 1 amide bonds. The average Bonchev–Trinajstić information content (AvgIpc) is 3.75. The highest BCUT2D eigenvalue weighted by Crippen LogP contribution is 2.32. The highest BCUT2D eigenvalue weighted by molar-refractivity contribution is 6.00. The van der Waals surface area contributed by atoms with Crippen molar-refractivity contribution >= 4 is 45.4 Å². The Morgan fingerprint density at radius 2 is 1.81 bits per heavy atom. The Balaban J connectivity index is 0.860. The highest BCUT2D eigenvalue weighted by atomic mass is 16.5. The summed E-state index contributed by atoms with van der Waals surface area (Å²) >= 11 is 0. The number of hydrogen-bond donors (Lipinski definition) is 3. The lowest BCUT2D eigenvalue weighted by molar-refractivity contribution is -0.120. The number of H-pyrrole nitrogens is 1. The molecule has 1 saturated heterocycles. The summed E-state index contributed by atoms with van der Waals surface area (Å²) in [5, 5.41) is 9.53. The van der Waals surface area contributed by atoms with Crippen LogP contribution in [0.4, 0.5) is 11.8 Å². The number of nitrogen functional groups attached to an aromatic ring is 1. The van der Waals surface area contributed by atoms with E-state index in [0.717, 1.165) is 79.5 Å². The number of hydrogen-bond acceptors (Lipinski definition) is 11. The van der Waals surface area contributed by atoms with Gasteiger partial charge in [0.25, 0.3) is 5.91 Å². The number of nitrogens with zero attached hydrogens (tertiary/aromatic N) is 8. The number of carbonyl (C=O) groups excluding carboxylic acids is 2. The van der Waals surface area contributed by atoms with E-state index in [4.69, 9.17) is 15.6 Å². The zero-order valence-corrected chi connectivity index (χ0v) is 27.4. The molecule has 4 N–H and O–H groups in total. The van der Waals surface area contributed by atoms with E-state index in [2.05, 4.69) is 53.0 Å². The number of unbranched alkanes of at least 4 members (excludes halogenated alkanes) is 2. The van der Waals surface area contributed by atoms with Crippen LogP contribution in [0.2, 0.25) is 0 Å². The Bertz CT molecular complexity index is 1830. The number of piperazine rings is 1. The Hall–Kier alpha value is -4.95. The zero-order chi connectivity index (χ0) is 33.3. The van der Waals surface area contributed by atoms with E-state index in [9.17, 15) is 9.59 Å². The molecule has 6 rings (SSSR count). The molecule has 14 nitrogen and oxygen atoms in total. The number of amides is 1. The molecule has 1 aliphatic heterocycles. The fraction of sp³-hybridized carbons (Fsp3) is 0.441. The van der Waals surface area contributed by atoms with Gasteiger partial charge in [-0.25, -0.2) is 24.6 Å². The minimum absolute atomic E-state index is 0.167. The molecule has 0 bridgehead atoms. The van der Waals surface area contributed by atoms with Crippen LogP contribution in [0.3, 0.4) is 0 Å². The summed E-state index contributed by atoms with van der Waals surface area (Å²) in [5.41, 5.74) is 10.2. The first-order valence-corrected chi connectivity index (χ1v) is 16.7. The molecule has 0 spiro atoms. The maximum absolute atomic E-state index is 12.5. The van der Waals surface area contributed by atoms with Crippen LogP contribution in [0.15, 0.2) is 49.2 Å². The zero-order valence-electron chi connectivity index (χ0n) is 27.4. The minimum Gasteiger partial charge on any atom is -0.383 e. The molecule has 1 aliphatic rings. The molecule has 48 heavy (non-hydrogen) atoms. The summed E-state index contributed by atoms with van der Waals surface area (Å²) in [5.74, 6) is 0.978. The number of fused-ring (bicyclic) bond motifs is 2. The van der Waals surface area contributed by atoms with Crippen molar-refractivity contribution in [2.45, 2.75) is 45.6 Å². The van der Waals surface area contributed by atoms with Crippen LogP contribution >= 0.6 is 0 Å². The van der Waals surface area contributed by atoms with E-state index in [1.165, 1.54) is 6.33 Å². The number of rotatable bonds is 16. The van der Waals surface area contributed by atoms with Crippen molar-refractivity contribution in [2.75, 3.05) is 63.1 Å². The second-order valence-electron chi connectivity index (χ2n) is 12.0. The Labute approximate surface area is 279 Å². The molecule has 4 aromatic heterocycles. The van der Waals surface area contributed by atoms with Gasteiger partial charge in [0.1, 0.15) is 23.6 Å². The van der Waals surface area contributed by atoms with Crippen molar-refractivity contribution in [3.8, 4) is 11.3 Å². The van der Waals surface area contributed by atoms with E-state index >= 15 is 0 Å². The molecular weight excluding hydrogens is 610 g/mol. The van der Waals surface area contributed by atoms with Crippen LogP contribution in [0, 0.1) is 0 Å². The predicted octanol–water partition coefficient (Wildman–Crippen LogP) is 3.45. The molecule has 14 heteroatoms. The lowest BCUT2D eigenvalue weighted by Crippen LogP contribution is -2.46. The number of aromatic nitrogens is 7. The first kappa shape index (κ1) is 33.0. The first-order chi connectivity index (χ1) is 23.5. The fourth-order valence-electron chi connectivity index (χ4n) is 5.97. The minimum atomic E-state index is -0.245. The van der Waals surface area contributed by atoms with Crippen molar-refractivity contribution in [1.82, 2.24) is 44.9 Å². The number of Topliss-reactive ketones (excluding diaryl/α,β-unsaturated/α-hetero) is 1. The molecule has 0 unspecified atom stereocenters. The van der Waals surface area contributed by atoms with E-state index in [1.807, 2.05) is 29.1 Å². The third kappa shape index (κ3) is 7.94. The number of ketones is 1. The summed E-state index contributed by atoms with van der Waals surface area (Å²) in [6.45, 7) is 8.60. The van der Waals surface area contributed by atoms with Gasteiger partial charge in [0, 0.05) is 87.2 Å². The first-order valence-electron chi connectivity index (χ1n) is 16.7. The highest BCUT2D eigenvalue weighted by Gasteiger charge is 2.19. The molecular formula is C34H43N11O3. The van der Waals surface area contributed by atoms with Gasteiger partial charge < -0.3 is 30.6 Å². The van der Waals surface area contributed by atoms with Gasteiger partial charge in [-0.2, -0.15) is 5.10 Å². The smallest absolute Gasteiger partial charge is 0.254 e. The molecule has 0 atom stereocenters. The van der Waals surface area contributed by atoms with Crippen LogP contribution in [-0.4, -0.2) is 104 Å². The third-order valence-corrected chi connectivity index (χ3v) is 8.77. The maximum atomic E-state index is 12.5. The van der Waals surface area contributed by atoms with Crippen molar-refractivity contribution in [3.63, 3.8) is 0 Å². The van der Waals surface area contributed by atoms with E-state index in [1.54, 1.807) is 12.4 Å². The third-order valence-electron chi connectivity index (χ3n) is 8.77. The summed E-state index contributed by atoms with van der Waals surface area (Å²) in [4.78, 5) is 50.1. The van der Waals surface area contributed by atoms with Crippen molar-refractivity contribution in [1.29, 1.82) is 0 Å². The van der Waals surface area contributed by atoms with Gasteiger partial charge in [0.05, 0.1) is 24.2 Å². The lowest BCUT2D eigenvalue weighted by atomic mass is 10.1. The number of anilines is 2. The number of aromatic amines is 1. The number of likely N-dealkylation sites (N-methyl/N-ethyl adjacent to an activating group) is 1. The fourth-order valence-corrected chi connectivity index (χ4v) is 5.97. The van der Waals surface area contributed by atoms with Gasteiger partial charge in [0.15, 0.2) is 5.65 Å². The van der Waals surface area contributed by atoms with Crippen LogP contribution in [0.25, 0.3) is 33.2 Å². The van der Waals surface area contributed by atoms with Gasteiger partial charge in [-0.15, -0.1) is 0 Å². The summed E-state index contributed by atoms with van der Waals surface area (Å²) in [6.07, 6.45) is 9.88. The molecule has 5 aromatic rings. The monoisotopic (exact) mass is 653 g/mol. The van der Waals surface area contributed by atoms with Crippen LogP contribution < -0.4 is 16.0 Å². The normalized spacial score (nSPS) is 13.8. The Kier molecular flexibility index (Phi) is 10.8. The summed E-state index contributed by atoms with van der Waals surface area (Å²) in [7, 11) is 0. The van der Waals surface area contributed by atoms with Crippen LogP contribution in [0.1, 0.15) is 49.4 Å². The lowest BCUT2D eigenvalue weighted by Gasteiger charge is -2.33. The van der Waals surface area contributed by atoms with E-state index in [0.29, 0.717) is 62.1 Å². The van der Waals surface area contributed by atoms with E-state index < -0.39 is 0 Å². The van der Waals surface area contributed by atoms with Gasteiger partial charge in [-0.3, -0.25) is 9.59 Å². The largest absolute Gasteiger partial charge is 0.383 e. The van der Waals surface area contributed by atoms with Crippen LogP contribution in [-0.2, 0) is 16.1 Å². The number of aryl methyl sites for hydroxylation is 1. The number of nitrogens with one attached hydrogen (secondary N) is 2. The summed E-state index contributed by atoms with van der Waals surface area (Å²) in [6, 6.07) is 8.16. The summed E-state index contributed by atoms with van der Waals surface area (Å²) < 4.78 is 7.47. The van der Waals surface area contributed by atoms with Crippen molar-refractivity contribution in [3.05, 3.63) is 54.7 Å². The SMILES string of the molecule is CCN1CCN(c2ncc(C(=O)NCCOCCC(=O)CCCCCn3nc(-c4ccc5[nH]ccc5c4)c4c(N)ncnc43)cn2)CC1. The molecule has 5 heterocycles. The Morgan fingerprint density at radius 1 is 0.979 bits per heavy atom. The number of ether oxygens (including phenoxy) is 1. The second-order valence-corrected chi connectivity index (χ2v) is 12.0. The number of carbonyl (C=O) groups is 2. The van der Waals surface area contributed by atoms with Gasteiger partial charge in [-0.05, 0) is 37.6 Å². The topological polar surface area (TPSA) is 173 Å². The molecule has 0 saturated carbocycles. The molecule has 1 aromatic carbocycles. The number of benzene rings is 1. The maximum Gasteiger partial charge on any atom is 0.254 e. The van der Waals surface area contributed by atoms with E-state index in [-0.39, 0.29) is 11.7 Å². The predicted molar refractivity (Wildman–Crippen MR) is 185 cm³/mol.